The van der Waals surface area contributed by atoms with E-state index >= 15 is 0 Å². The predicted molar refractivity (Wildman–Crippen MR) is 139 cm³/mol. The lowest BCUT2D eigenvalue weighted by atomic mass is 9.75. The summed E-state index contributed by atoms with van der Waals surface area (Å²) < 4.78 is 1.68. The summed E-state index contributed by atoms with van der Waals surface area (Å²) in [5, 5.41) is 0.989. The number of nitrogens with zero attached hydrogens (tertiary/aromatic N) is 4. The molecule has 4 aliphatic rings. The van der Waals surface area contributed by atoms with Crippen LogP contribution in [0.15, 0.2) is 77.6 Å². The number of halogens is 1. The zero-order valence-corrected chi connectivity index (χ0v) is 20.4. The second-order valence-electron chi connectivity index (χ2n) is 10.3. The van der Waals surface area contributed by atoms with Crippen molar-refractivity contribution in [3.63, 3.8) is 0 Å². The minimum atomic E-state index is -1.01. The van der Waals surface area contributed by atoms with Crippen molar-refractivity contribution in [1.82, 2.24) is 14.5 Å². The highest BCUT2D eigenvalue weighted by Gasteiger charge is 2.73. The average molecular weight is 509 g/mol. The number of para-hydroxylation sites is 2. The fourth-order valence-corrected chi connectivity index (χ4v) is 7.67. The molecular weight excluding hydrogens is 488 g/mol. The van der Waals surface area contributed by atoms with Crippen LogP contribution >= 0.6 is 11.6 Å². The lowest BCUT2D eigenvalue weighted by Crippen LogP contribution is -2.51. The van der Waals surface area contributed by atoms with Crippen molar-refractivity contribution in [2.45, 2.75) is 24.4 Å². The van der Waals surface area contributed by atoms with Gasteiger partial charge < -0.3 is 0 Å². The molecule has 37 heavy (non-hydrogen) atoms. The molecule has 4 unspecified atom stereocenters. The minimum Gasteiger partial charge on any atom is -0.283 e. The normalized spacial score (nSPS) is 27.7. The maximum atomic E-state index is 14.4. The zero-order chi connectivity index (χ0) is 25.1. The first kappa shape index (κ1) is 21.3. The second-order valence-corrected chi connectivity index (χ2v) is 10.7. The molecule has 0 aliphatic carbocycles. The quantitative estimate of drug-likeness (QED) is 0.365. The number of anilines is 1. The molecule has 0 radical (unpaired) electrons. The van der Waals surface area contributed by atoms with Crippen LogP contribution < -0.4 is 10.5 Å². The molecule has 3 aromatic carbocycles. The minimum absolute atomic E-state index is 0.117. The number of aromatic nitrogens is 2. The molecule has 2 amide bonds. The van der Waals surface area contributed by atoms with E-state index in [1.54, 1.807) is 34.9 Å². The van der Waals surface area contributed by atoms with Crippen molar-refractivity contribution in [3.8, 4) is 5.69 Å². The number of amides is 2. The van der Waals surface area contributed by atoms with Crippen LogP contribution in [0, 0.1) is 11.8 Å². The van der Waals surface area contributed by atoms with E-state index in [2.05, 4.69) is 4.90 Å². The first-order chi connectivity index (χ1) is 18.0. The summed E-state index contributed by atoms with van der Waals surface area (Å²) in [6, 6.07) is 21.8. The highest BCUT2D eigenvalue weighted by molar-refractivity contribution is 6.31. The highest BCUT2D eigenvalue weighted by atomic mass is 35.5. The van der Waals surface area contributed by atoms with E-state index in [0.29, 0.717) is 27.4 Å². The van der Waals surface area contributed by atoms with Crippen LogP contribution in [-0.2, 0) is 15.1 Å². The maximum Gasteiger partial charge on any atom is 0.266 e. The summed E-state index contributed by atoms with van der Waals surface area (Å²) in [6.07, 6.45) is 1.72. The van der Waals surface area contributed by atoms with E-state index in [1.807, 2.05) is 42.5 Å². The van der Waals surface area contributed by atoms with E-state index in [4.69, 9.17) is 16.6 Å². The van der Waals surface area contributed by atoms with Crippen molar-refractivity contribution < 1.29 is 9.59 Å². The summed E-state index contributed by atoms with van der Waals surface area (Å²) in [7, 11) is 0. The number of imide groups is 1. The van der Waals surface area contributed by atoms with Gasteiger partial charge in [-0.25, -0.2) is 9.88 Å². The number of carbonyl (C=O) groups excluding carboxylic acids is 2. The van der Waals surface area contributed by atoms with Crippen LogP contribution in [0.3, 0.4) is 0 Å². The Hall–Kier alpha value is -3.81. The van der Waals surface area contributed by atoms with E-state index in [0.717, 1.165) is 30.6 Å². The largest absolute Gasteiger partial charge is 0.283 e. The molecule has 4 aliphatic heterocycles. The van der Waals surface area contributed by atoms with Gasteiger partial charge in [-0.15, -0.1) is 0 Å². The molecule has 4 atom stereocenters. The topological polar surface area (TPSA) is 75.5 Å². The number of hydrogen-bond acceptors (Lipinski definition) is 5. The number of hydrogen-bond donors (Lipinski definition) is 0. The van der Waals surface area contributed by atoms with Crippen LogP contribution in [0.4, 0.5) is 5.69 Å². The first-order valence-corrected chi connectivity index (χ1v) is 12.9. The lowest BCUT2D eigenvalue weighted by molar-refractivity contribution is -0.124. The van der Waals surface area contributed by atoms with E-state index in [1.165, 1.54) is 4.90 Å². The third-order valence-electron chi connectivity index (χ3n) is 8.71. The van der Waals surface area contributed by atoms with Gasteiger partial charge in [0.25, 0.3) is 5.56 Å². The molecule has 0 bridgehead atoms. The first-order valence-electron chi connectivity index (χ1n) is 12.6. The summed E-state index contributed by atoms with van der Waals surface area (Å²) in [5.41, 5.74) is 1.50. The van der Waals surface area contributed by atoms with Crippen LogP contribution in [0.2, 0.25) is 5.02 Å². The molecule has 0 saturated carbocycles. The Kier molecular flexibility index (Phi) is 4.11. The van der Waals surface area contributed by atoms with Crippen LogP contribution in [0.5, 0.6) is 0 Å². The Morgan fingerprint density at radius 2 is 1.73 bits per heavy atom. The molecule has 3 saturated heterocycles. The summed E-state index contributed by atoms with van der Waals surface area (Å²) in [6.45, 7) is 0.729. The molecule has 4 aromatic rings. The van der Waals surface area contributed by atoms with Gasteiger partial charge in [-0.3, -0.25) is 23.9 Å². The SMILES string of the molecule is O=C1C2C3CCCN3C3(c4ccccc4-n4c3nc3ccccc3c4=O)C2C(=O)N1c1cccc(Cl)c1. The van der Waals surface area contributed by atoms with Gasteiger partial charge in [-0.2, -0.15) is 0 Å². The fraction of sp³-hybridized carbons (Fsp3) is 0.241. The van der Waals surface area contributed by atoms with Gasteiger partial charge in [0.2, 0.25) is 11.8 Å². The Balaban J connectivity index is 1.46. The molecule has 0 N–H and O–H groups in total. The Morgan fingerprint density at radius 1 is 0.919 bits per heavy atom. The third-order valence-corrected chi connectivity index (χ3v) is 8.94. The Labute approximate surface area is 216 Å². The number of carbonyl (C=O) groups is 2. The van der Waals surface area contributed by atoms with Crippen molar-refractivity contribution in [3.05, 3.63) is 99.6 Å². The summed E-state index contributed by atoms with van der Waals surface area (Å²) in [4.78, 5) is 51.0. The molecule has 182 valence electrons. The van der Waals surface area contributed by atoms with Crippen LogP contribution in [0.25, 0.3) is 16.6 Å². The monoisotopic (exact) mass is 508 g/mol. The van der Waals surface area contributed by atoms with Crippen LogP contribution in [0.1, 0.15) is 24.2 Å². The lowest BCUT2D eigenvalue weighted by Gasteiger charge is -2.38. The van der Waals surface area contributed by atoms with Gasteiger partial charge in [0.1, 0.15) is 11.4 Å². The van der Waals surface area contributed by atoms with Gasteiger partial charge in [-0.1, -0.05) is 48.0 Å². The standard InChI is InChI=1S/C29H21ClN4O3/c30-16-7-5-8-17(15-16)33-26(36)23-22-13-6-14-32(22)29(24(23)27(33)37)19-10-2-4-12-21(19)34-25(35)18-9-1-3-11-20(18)31-28(29)34/h1-5,7-12,15,22-24H,6,13-14H2. The highest BCUT2D eigenvalue weighted by Crippen LogP contribution is 2.62. The van der Waals surface area contributed by atoms with E-state index in [-0.39, 0.29) is 23.4 Å². The van der Waals surface area contributed by atoms with E-state index < -0.39 is 17.4 Å². The number of fused-ring (bicyclic) bond motifs is 11. The van der Waals surface area contributed by atoms with Gasteiger partial charge in [0.05, 0.1) is 34.1 Å². The molecule has 7 nitrogen and oxygen atoms in total. The molecule has 5 heterocycles. The molecule has 3 fully saturated rings. The van der Waals surface area contributed by atoms with Crippen molar-refractivity contribution in [2.24, 2.45) is 11.8 Å². The second kappa shape index (κ2) is 7.15. The maximum absolute atomic E-state index is 14.4. The van der Waals surface area contributed by atoms with Crippen LogP contribution in [-0.4, -0.2) is 38.9 Å². The summed E-state index contributed by atoms with van der Waals surface area (Å²) >= 11 is 6.25. The van der Waals surface area contributed by atoms with Crippen molar-refractivity contribution >= 4 is 40.0 Å². The molecule has 8 rings (SSSR count). The predicted octanol–water partition coefficient (Wildman–Crippen LogP) is 3.88. The molecule has 8 heteroatoms. The number of rotatable bonds is 1. The van der Waals surface area contributed by atoms with Gasteiger partial charge >= 0.3 is 0 Å². The van der Waals surface area contributed by atoms with Crippen molar-refractivity contribution in [2.75, 3.05) is 11.4 Å². The average Bonchev–Trinajstić information content (AvgIpc) is 3.61. The third kappa shape index (κ3) is 2.42. The summed E-state index contributed by atoms with van der Waals surface area (Å²) in [5.74, 6) is -1.17. The Bertz CT molecular complexity index is 1750. The molecule has 1 spiro atoms. The smallest absolute Gasteiger partial charge is 0.266 e. The van der Waals surface area contributed by atoms with Gasteiger partial charge in [0, 0.05) is 16.6 Å². The molecule has 1 aromatic heterocycles. The van der Waals surface area contributed by atoms with Gasteiger partial charge in [-0.05, 0) is 55.8 Å². The van der Waals surface area contributed by atoms with Crippen molar-refractivity contribution in [1.29, 1.82) is 0 Å². The fourth-order valence-electron chi connectivity index (χ4n) is 7.48. The number of benzene rings is 3. The van der Waals surface area contributed by atoms with E-state index in [9.17, 15) is 14.4 Å². The van der Waals surface area contributed by atoms with Gasteiger partial charge in [0.15, 0.2) is 0 Å². The Morgan fingerprint density at radius 3 is 2.59 bits per heavy atom. The zero-order valence-electron chi connectivity index (χ0n) is 19.7. The molecular formula is C29H21ClN4O3.